The summed E-state index contributed by atoms with van der Waals surface area (Å²) < 4.78 is 0. The average Bonchev–Trinajstić information content (AvgIpc) is 3.02. The molecule has 1 aliphatic heterocycles. The lowest BCUT2D eigenvalue weighted by Gasteiger charge is -2.25. The minimum absolute atomic E-state index is 0.582. The molecule has 1 N–H and O–H groups in total. The van der Waals surface area contributed by atoms with Crippen molar-refractivity contribution in [3.8, 4) is 0 Å². The molecule has 1 saturated heterocycles. The van der Waals surface area contributed by atoms with Gasteiger partial charge in [-0.15, -0.1) is 0 Å². The maximum atomic E-state index is 4.45. The van der Waals surface area contributed by atoms with Gasteiger partial charge in [0.2, 0.25) is 0 Å². The number of hydrogen-bond donors (Lipinski definition) is 1. The van der Waals surface area contributed by atoms with Gasteiger partial charge in [0, 0.05) is 45.2 Å². The molecule has 1 fully saturated rings. The van der Waals surface area contributed by atoms with E-state index in [1.165, 1.54) is 12.0 Å². The van der Waals surface area contributed by atoms with Crippen LogP contribution < -0.4 is 5.32 Å². The molecule has 1 heterocycles. The highest BCUT2D eigenvalue weighted by molar-refractivity contribution is 5.80. The second kappa shape index (κ2) is 8.18. The molecule has 4 nitrogen and oxygen atoms in total. The van der Waals surface area contributed by atoms with Crippen LogP contribution in [0.2, 0.25) is 0 Å². The predicted molar refractivity (Wildman–Crippen MR) is 94.5 cm³/mol. The largest absolute Gasteiger partial charge is 0.355 e. The number of hydrogen-bond acceptors (Lipinski definition) is 2. The topological polar surface area (TPSA) is 30.9 Å². The van der Waals surface area contributed by atoms with Crippen molar-refractivity contribution in [2.45, 2.75) is 32.2 Å². The van der Waals surface area contributed by atoms with Crippen LogP contribution in [0.5, 0.6) is 0 Å². The number of guanidine groups is 1. The van der Waals surface area contributed by atoms with Gasteiger partial charge in [-0.05, 0) is 32.9 Å². The molecule has 0 saturated carbocycles. The molecular formula is C18H30N4. The lowest BCUT2D eigenvalue weighted by molar-refractivity contribution is 0.277. The number of nitrogens with zero attached hydrogens (tertiary/aromatic N) is 3. The molecule has 1 unspecified atom stereocenters. The molecule has 0 radical (unpaired) electrons. The summed E-state index contributed by atoms with van der Waals surface area (Å²) in [4.78, 5) is 9.18. The Morgan fingerprint density at radius 3 is 2.73 bits per heavy atom. The van der Waals surface area contributed by atoms with Crippen LogP contribution in [0.25, 0.3) is 0 Å². The van der Waals surface area contributed by atoms with Crippen molar-refractivity contribution in [1.82, 2.24) is 15.1 Å². The van der Waals surface area contributed by atoms with E-state index in [1.807, 2.05) is 7.05 Å². The SMILES string of the molecule is CN=C(NCCN(C)C(C)C)N1CCC(c2ccccc2)C1. The molecule has 0 bridgehead atoms. The van der Waals surface area contributed by atoms with Crippen LogP contribution in [0, 0.1) is 0 Å². The van der Waals surface area contributed by atoms with Crippen LogP contribution in [0.4, 0.5) is 0 Å². The summed E-state index contributed by atoms with van der Waals surface area (Å²) in [7, 11) is 4.04. The van der Waals surface area contributed by atoms with Gasteiger partial charge in [-0.25, -0.2) is 0 Å². The summed E-state index contributed by atoms with van der Waals surface area (Å²) in [5.41, 5.74) is 1.44. The Bertz CT molecular complexity index is 469. The van der Waals surface area contributed by atoms with Crippen LogP contribution >= 0.6 is 0 Å². The van der Waals surface area contributed by atoms with E-state index >= 15 is 0 Å². The molecule has 0 aliphatic carbocycles. The van der Waals surface area contributed by atoms with Crippen LogP contribution in [-0.2, 0) is 0 Å². The number of benzene rings is 1. The fourth-order valence-corrected chi connectivity index (χ4v) is 2.88. The number of aliphatic imine (C=N–C) groups is 1. The maximum absolute atomic E-state index is 4.45. The quantitative estimate of drug-likeness (QED) is 0.669. The molecule has 1 aromatic rings. The predicted octanol–water partition coefficient (Wildman–Crippen LogP) is 2.39. The molecule has 1 aliphatic rings. The summed E-state index contributed by atoms with van der Waals surface area (Å²) in [6.45, 7) is 8.56. The molecule has 0 amide bonds. The maximum Gasteiger partial charge on any atom is 0.193 e. The van der Waals surface area contributed by atoms with Crippen molar-refractivity contribution in [3.05, 3.63) is 35.9 Å². The zero-order chi connectivity index (χ0) is 15.9. The first-order chi connectivity index (χ1) is 10.6. The smallest absolute Gasteiger partial charge is 0.193 e. The molecule has 22 heavy (non-hydrogen) atoms. The number of nitrogens with one attached hydrogen (secondary N) is 1. The van der Waals surface area contributed by atoms with E-state index in [1.54, 1.807) is 0 Å². The summed E-state index contributed by atoms with van der Waals surface area (Å²) in [5, 5.41) is 3.50. The van der Waals surface area contributed by atoms with E-state index in [2.05, 4.69) is 71.3 Å². The van der Waals surface area contributed by atoms with Crippen molar-refractivity contribution in [1.29, 1.82) is 0 Å². The molecule has 1 aromatic carbocycles. The Balaban J connectivity index is 1.83. The monoisotopic (exact) mass is 302 g/mol. The van der Waals surface area contributed by atoms with E-state index in [-0.39, 0.29) is 0 Å². The van der Waals surface area contributed by atoms with Gasteiger partial charge < -0.3 is 15.1 Å². The van der Waals surface area contributed by atoms with Gasteiger partial charge >= 0.3 is 0 Å². The first-order valence-electron chi connectivity index (χ1n) is 8.32. The van der Waals surface area contributed by atoms with Crippen LogP contribution in [0.1, 0.15) is 31.7 Å². The molecule has 0 spiro atoms. The zero-order valence-electron chi connectivity index (χ0n) is 14.4. The van der Waals surface area contributed by atoms with Gasteiger partial charge in [0.25, 0.3) is 0 Å². The number of likely N-dealkylation sites (N-methyl/N-ethyl adjacent to an activating group) is 1. The first-order valence-corrected chi connectivity index (χ1v) is 8.32. The van der Waals surface area contributed by atoms with Crippen molar-refractivity contribution >= 4 is 5.96 Å². The highest BCUT2D eigenvalue weighted by atomic mass is 15.3. The van der Waals surface area contributed by atoms with Crippen LogP contribution in [-0.4, -0.2) is 62.1 Å². The zero-order valence-corrected chi connectivity index (χ0v) is 14.4. The fraction of sp³-hybridized carbons (Fsp3) is 0.611. The van der Waals surface area contributed by atoms with Gasteiger partial charge in [0.1, 0.15) is 0 Å². The minimum Gasteiger partial charge on any atom is -0.355 e. The minimum atomic E-state index is 0.582. The second-order valence-corrected chi connectivity index (χ2v) is 6.39. The van der Waals surface area contributed by atoms with E-state index in [9.17, 15) is 0 Å². The van der Waals surface area contributed by atoms with Gasteiger partial charge in [-0.2, -0.15) is 0 Å². The van der Waals surface area contributed by atoms with E-state index < -0.39 is 0 Å². The summed E-state index contributed by atoms with van der Waals surface area (Å²) in [6.07, 6.45) is 1.20. The summed E-state index contributed by atoms with van der Waals surface area (Å²) in [5.74, 6) is 1.66. The molecule has 122 valence electrons. The number of rotatable bonds is 5. The third-order valence-electron chi connectivity index (χ3n) is 4.60. The van der Waals surface area contributed by atoms with Crippen molar-refractivity contribution < 1.29 is 0 Å². The first kappa shape index (κ1) is 16.8. The van der Waals surface area contributed by atoms with Crippen LogP contribution in [0.3, 0.4) is 0 Å². The Kier molecular flexibility index (Phi) is 6.25. The van der Waals surface area contributed by atoms with E-state index in [0.717, 1.165) is 32.1 Å². The van der Waals surface area contributed by atoms with Gasteiger partial charge in [-0.3, -0.25) is 4.99 Å². The number of likely N-dealkylation sites (tertiary alicyclic amines) is 1. The molecular weight excluding hydrogens is 272 g/mol. The second-order valence-electron chi connectivity index (χ2n) is 6.39. The van der Waals surface area contributed by atoms with Crippen LogP contribution in [0.15, 0.2) is 35.3 Å². The lowest BCUT2D eigenvalue weighted by Crippen LogP contribution is -2.43. The fourth-order valence-electron chi connectivity index (χ4n) is 2.88. The van der Waals surface area contributed by atoms with Gasteiger partial charge in [0.05, 0.1) is 0 Å². The Hall–Kier alpha value is -1.55. The van der Waals surface area contributed by atoms with Crippen molar-refractivity contribution in [2.24, 2.45) is 4.99 Å². The normalized spacial score (nSPS) is 19.3. The van der Waals surface area contributed by atoms with Gasteiger partial charge in [0.15, 0.2) is 5.96 Å². The molecule has 1 atom stereocenters. The Morgan fingerprint density at radius 2 is 2.09 bits per heavy atom. The highest BCUT2D eigenvalue weighted by Gasteiger charge is 2.25. The molecule has 0 aromatic heterocycles. The third kappa shape index (κ3) is 4.47. The highest BCUT2D eigenvalue weighted by Crippen LogP contribution is 2.26. The standard InChI is InChI=1S/C18H30N4/c1-15(2)21(4)13-11-20-18(19-3)22-12-10-17(14-22)16-8-6-5-7-9-16/h5-9,15,17H,10-14H2,1-4H3,(H,19,20). The molecule has 2 rings (SSSR count). The average molecular weight is 302 g/mol. The lowest BCUT2D eigenvalue weighted by atomic mass is 9.99. The van der Waals surface area contributed by atoms with Crippen molar-refractivity contribution in [2.75, 3.05) is 40.3 Å². The Morgan fingerprint density at radius 1 is 1.36 bits per heavy atom. The third-order valence-corrected chi connectivity index (χ3v) is 4.60. The van der Waals surface area contributed by atoms with Gasteiger partial charge in [-0.1, -0.05) is 30.3 Å². The molecule has 4 heteroatoms. The summed E-state index contributed by atoms with van der Waals surface area (Å²) in [6, 6.07) is 11.4. The van der Waals surface area contributed by atoms with Crippen molar-refractivity contribution in [3.63, 3.8) is 0 Å². The Labute approximate surface area is 135 Å². The van der Waals surface area contributed by atoms with E-state index in [0.29, 0.717) is 12.0 Å². The van der Waals surface area contributed by atoms with E-state index in [4.69, 9.17) is 0 Å². The summed E-state index contributed by atoms with van der Waals surface area (Å²) >= 11 is 0.